The summed E-state index contributed by atoms with van der Waals surface area (Å²) in [5.74, 6) is -0.0412. The molecule has 0 aliphatic carbocycles. The van der Waals surface area contributed by atoms with Crippen LogP contribution in [0, 0.1) is 0 Å². The second-order valence-electron chi connectivity index (χ2n) is 4.17. The molecule has 0 bridgehead atoms. The highest BCUT2D eigenvalue weighted by molar-refractivity contribution is 7.15. The van der Waals surface area contributed by atoms with Crippen LogP contribution in [0.25, 0.3) is 0 Å². The molecule has 0 aliphatic heterocycles. The van der Waals surface area contributed by atoms with Crippen LogP contribution in [0.3, 0.4) is 0 Å². The Morgan fingerprint density at radius 2 is 2.29 bits per heavy atom. The third kappa shape index (κ3) is 5.74. The maximum Gasteiger partial charge on any atom is 0.226 e. The molecule has 96 valence electrons. The van der Waals surface area contributed by atoms with Crippen LogP contribution in [-0.4, -0.2) is 22.1 Å². The van der Waals surface area contributed by atoms with Crippen LogP contribution < -0.4 is 11.1 Å². The molecule has 0 aliphatic rings. The summed E-state index contributed by atoms with van der Waals surface area (Å²) >= 11 is 1.45. The zero-order chi connectivity index (χ0) is 12.7. The number of carbonyl (C=O) groups excluding carboxylic acids is 1. The van der Waals surface area contributed by atoms with Crippen LogP contribution in [0.4, 0.5) is 5.13 Å². The molecule has 1 aromatic heterocycles. The van der Waals surface area contributed by atoms with Gasteiger partial charge in [0.2, 0.25) is 11.0 Å². The van der Waals surface area contributed by atoms with Crippen LogP contribution >= 0.6 is 11.3 Å². The Hall–Kier alpha value is -1.01. The summed E-state index contributed by atoms with van der Waals surface area (Å²) in [6.07, 6.45) is 4.29. The molecule has 0 radical (unpaired) electrons. The van der Waals surface area contributed by atoms with Gasteiger partial charge in [0.15, 0.2) is 0 Å². The topological polar surface area (TPSA) is 80.9 Å². The highest BCUT2D eigenvalue weighted by Gasteiger charge is 2.08. The predicted octanol–water partition coefficient (Wildman–Crippen LogP) is 1.95. The van der Waals surface area contributed by atoms with Crippen LogP contribution in [0.15, 0.2) is 0 Å². The van der Waals surface area contributed by atoms with E-state index in [0.29, 0.717) is 18.0 Å². The lowest BCUT2D eigenvalue weighted by atomic mass is 10.2. The van der Waals surface area contributed by atoms with Crippen molar-refractivity contribution in [3.05, 3.63) is 5.01 Å². The van der Waals surface area contributed by atoms with Gasteiger partial charge in [-0.1, -0.05) is 24.7 Å². The van der Waals surface area contributed by atoms with Crippen molar-refractivity contribution in [2.45, 2.75) is 52.0 Å². The molecule has 1 rings (SSSR count). The highest BCUT2D eigenvalue weighted by Crippen LogP contribution is 2.17. The molecular weight excluding hydrogens is 236 g/mol. The number of aryl methyl sites for hydroxylation is 1. The molecule has 1 heterocycles. The summed E-state index contributed by atoms with van der Waals surface area (Å²) in [5.41, 5.74) is 5.59. The van der Waals surface area contributed by atoms with Crippen molar-refractivity contribution in [2.75, 3.05) is 5.32 Å². The Bertz CT molecular complexity index is 351. The maximum absolute atomic E-state index is 11.5. The zero-order valence-corrected chi connectivity index (χ0v) is 11.2. The molecule has 0 fully saturated rings. The van der Waals surface area contributed by atoms with Gasteiger partial charge in [-0.3, -0.25) is 4.79 Å². The molecule has 1 amide bonds. The van der Waals surface area contributed by atoms with Crippen molar-refractivity contribution in [3.8, 4) is 0 Å². The molecule has 17 heavy (non-hydrogen) atoms. The minimum absolute atomic E-state index is 0.0412. The number of rotatable bonds is 7. The number of nitrogens with one attached hydrogen (secondary N) is 1. The van der Waals surface area contributed by atoms with Gasteiger partial charge >= 0.3 is 0 Å². The molecule has 3 N–H and O–H groups in total. The van der Waals surface area contributed by atoms with E-state index >= 15 is 0 Å². The van der Waals surface area contributed by atoms with Gasteiger partial charge in [-0.2, -0.15) is 0 Å². The maximum atomic E-state index is 11.5. The number of aromatic nitrogens is 2. The number of anilines is 1. The smallest absolute Gasteiger partial charge is 0.226 e. The van der Waals surface area contributed by atoms with Crippen molar-refractivity contribution in [1.29, 1.82) is 0 Å². The first-order valence-electron chi connectivity index (χ1n) is 5.99. The van der Waals surface area contributed by atoms with Crippen molar-refractivity contribution in [3.63, 3.8) is 0 Å². The number of hydrogen-bond acceptors (Lipinski definition) is 5. The van der Waals surface area contributed by atoms with Gasteiger partial charge in [-0.15, -0.1) is 10.2 Å². The van der Waals surface area contributed by atoms with Crippen LogP contribution in [-0.2, 0) is 11.2 Å². The van der Waals surface area contributed by atoms with Crippen LogP contribution in [0.5, 0.6) is 0 Å². The molecule has 5 nitrogen and oxygen atoms in total. The lowest BCUT2D eigenvalue weighted by molar-refractivity contribution is -0.116. The van der Waals surface area contributed by atoms with Crippen molar-refractivity contribution in [2.24, 2.45) is 5.73 Å². The second kappa shape index (κ2) is 7.34. The summed E-state index contributed by atoms with van der Waals surface area (Å²) in [7, 11) is 0. The molecule has 0 spiro atoms. The Morgan fingerprint density at radius 3 is 2.94 bits per heavy atom. The molecule has 0 aromatic carbocycles. The average Bonchev–Trinajstić information content (AvgIpc) is 2.71. The quantitative estimate of drug-likeness (QED) is 0.781. The van der Waals surface area contributed by atoms with E-state index in [2.05, 4.69) is 22.4 Å². The fourth-order valence-electron chi connectivity index (χ4n) is 1.27. The third-order valence-corrected chi connectivity index (χ3v) is 3.18. The first-order chi connectivity index (χ1) is 8.11. The normalized spacial score (nSPS) is 12.4. The number of amides is 1. The van der Waals surface area contributed by atoms with Crippen molar-refractivity contribution >= 4 is 22.4 Å². The standard InChI is InChI=1S/C11H20N4OS/c1-3-4-5-10-14-15-11(17-10)13-9(16)7-6-8(2)12/h8H,3-7,12H2,1-2H3,(H,13,15,16). The van der Waals surface area contributed by atoms with Gasteiger partial charge in [0, 0.05) is 18.9 Å². The monoisotopic (exact) mass is 256 g/mol. The van der Waals surface area contributed by atoms with Gasteiger partial charge in [0.05, 0.1) is 0 Å². The minimum Gasteiger partial charge on any atom is -0.328 e. The first kappa shape index (κ1) is 14.1. The van der Waals surface area contributed by atoms with E-state index < -0.39 is 0 Å². The Labute approximate surface area is 106 Å². The summed E-state index contributed by atoms with van der Waals surface area (Å²) in [6.45, 7) is 4.03. The zero-order valence-electron chi connectivity index (χ0n) is 10.4. The average molecular weight is 256 g/mol. The number of nitrogens with zero attached hydrogens (tertiary/aromatic N) is 2. The third-order valence-electron chi connectivity index (χ3n) is 2.28. The predicted molar refractivity (Wildman–Crippen MR) is 70.0 cm³/mol. The lowest BCUT2D eigenvalue weighted by Crippen LogP contribution is -2.19. The summed E-state index contributed by atoms with van der Waals surface area (Å²) in [5, 5.41) is 12.3. The highest BCUT2D eigenvalue weighted by atomic mass is 32.1. The summed E-state index contributed by atoms with van der Waals surface area (Å²) < 4.78 is 0. The molecular formula is C11H20N4OS. The van der Waals surface area contributed by atoms with Gasteiger partial charge in [0.25, 0.3) is 0 Å². The van der Waals surface area contributed by atoms with E-state index in [-0.39, 0.29) is 11.9 Å². The second-order valence-corrected chi connectivity index (χ2v) is 5.23. The fourth-order valence-corrected chi connectivity index (χ4v) is 2.07. The molecule has 1 unspecified atom stereocenters. The number of carbonyl (C=O) groups is 1. The van der Waals surface area contributed by atoms with Gasteiger partial charge in [-0.25, -0.2) is 0 Å². The van der Waals surface area contributed by atoms with Gasteiger partial charge < -0.3 is 11.1 Å². The van der Waals surface area contributed by atoms with E-state index in [9.17, 15) is 4.79 Å². The first-order valence-corrected chi connectivity index (χ1v) is 6.81. The Balaban J connectivity index is 2.35. The van der Waals surface area contributed by atoms with Crippen LogP contribution in [0.1, 0.15) is 44.5 Å². The van der Waals surface area contributed by atoms with E-state index in [0.717, 1.165) is 24.3 Å². The van der Waals surface area contributed by atoms with E-state index in [1.54, 1.807) is 0 Å². The summed E-state index contributed by atoms with van der Waals surface area (Å²) in [6, 6.07) is 0.0512. The molecule has 6 heteroatoms. The molecule has 1 atom stereocenters. The van der Waals surface area contributed by atoms with Crippen molar-refractivity contribution < 1.29 is 4.79 Å². The number of unbranched alkanes of at least 4 members (excludes halogenated alkanes) is 1. The molecule has 0 saturated heterocycles. The van der Waals surface area contributed by atoms with Gasteiger partial charge in [0.1, 0.15) is 5.01 Å². The van der Waals surface area contributed by atoms with Crippen molar-refractivity contribution in [1.82, 2.24) is 10.2 Å². The number of nitrogens with two attached hydrogens (primary N) is 1. The Kier molecular flexibility index (Phi) is 6.07. The number of hydrogen-bond donors (Lipinski definition) is 2. The van der Waals surface area contributed by atoms with E-state index in [1.165, 1.54) is 11.3 Å². The fraction of sp³-hybridized carbons (Fsp3) is 0.727. The SMILES string of the molecule is CCCCc1nnc(NC(=O)CCC(C)N)s1. The Morgan fingerprint density at radius 1 is 1.53 bits per heavy atom. The molecule has 0 saturated carbocycles. The summed E-state index contributed by atoms with van der Waals surface area (Å²) in [4.78, 5) is 11.5. The van der Waals surface area contributed by atoms with E-state index in [1.807, 2.05) is 6.92 Å². The largest absolute Gasteiger partial charge is 0.328 e. The van der Waals surface area contributed by atoms with Gasteiger partial charge in [-0.05, 0) is 19.8 Å². The molecule has 1 aromatic rings. The van der Waals surface area contributed by atoms with E-state index in [4.69, 9.17) is 5.73 Å². The minimum atomic E-state index is -0.0412. The lowest BCUT2D eigenvalue weighted by Gasteiger charge is -2.03. The van der Waals surface area contributed by atoms with Crippen LogP contribution in [0.2, 0.25) is 0 Å².